The first-order valence-electron chi connectivity index (χ1n) is 25.5. The Labute approximate surface area is 396 Å². The Morgan fingerprint density at radius 2 is 0.652 bits per heavy atom. The van der Waals surface area contributed by atoms with Gasteiger partial charge >= 0.3 is 11.3 Å². The van der Waals surface area contributed by atoms with Gasteiger partial charge in [-0.1, -0.05) is 104 Å². The van der Waals surface area contributed by atoms with E-state index in [0.717, 1.165) is 90.7 Å². The molecule has 11 nitrogen and oxygen atoms in total. The second kappa shape index (κ2) is 20.5. The van der Waals surface area contributed by atoms with Crippen molar-refractivity contribution in [3.05, 3.63) is 39.0 Å². The summed E-state index contributed by atoms with van der Waals surface area (Å²) in [4.78, 5) is 29.1. The smallest absolute Gasteiger partial charge is 0.344 e. The lowest BCUT2D eigenvalue weighted by atomic mass is 10.0. The molecule has 3 aromatic heterocycles. The molecule has 16 heteroatoms. The monoisotopic (exact) mass is 994 g/mol. The summed E-state index contributed by atoms with van der Waals surface area (Å²) in [6.07, 6.45) is 0. The maximum atomic E-state index is 14.6. The van der Waals surface area contributed by atoms with Gasteiger partial charge in [0, 0.05) is 22.9 Å². The van der Waals surface area contributed by atoms with Crippen molar-refractivity contribution >= 4 is 96.6 Å². The van der Waals surface area contributed by atoms with Crippen molar-refractivity contribution in [1.29, 1.82) is 0 Å². The van der Waals surface area contributed by atoms with Crippen LogP contribution in [0.1, 0.15) is 104 Å². The first kappa shape index (κ1) is 51.7. The van der Waals surface area contributed by atoms with Crippen LogP contribution in [0.25, 0.3) is 55.0 Å². The van der Waals surface area contributed by atoms with Crippen molar-refractivity contribution in [3.63, 3.8) is 0 Å². The van der Waals surface area contributed by atoms with Crippen LogP contribution in [0.4, 0.5) is 0 Å². The Kier molecular flexibility index (Phi) is 16.0. The Balaban J connectivity index is 1.81. The van der Waals surface area contributed by atoms with E-state index in [4.69, 9.17) is 39.8 Å². The van der Waals surface area contributed by atoms with Gasteiger partial charge in [0.1, 0.15) is 5.75 Å². The average Bonchev–Trinajstić information content (AvgIpc) is 3.35. The molecule has 0 bridgehead atoms. The second-order valence-corrected chi connectivity index (χ2v) is 41.9. The maximum Gasteiger partial charge on any atom is 0.344 e. The van der Waals surface area contributed by atoms with Gasteiger partial charge in [-0.15, -0.1) is 0 Å². The van der Waals surface area contributed by atoms with Gasteiger partial charge in [-0.2, -0.15) is 0 Å². The molecular formula is C50H78O11Si5. The lowest BCUT2D eigenvalue weighted by Gasteiger charge is -2.36. The molecule has 0 saturated heterocycles. The molecule has 6 rings (SSSR count). The largest absolute Gasteiger partial charge is 0.541 e. The molecule has 364 valence electrons. The molecule has 0 aliphatic carbocycles. The van der Waals surface area contributed by atoms with E-state index in [1.54, 1.807) is 12.1 Å². The Hall–Kier alpha value is -3.72. The maximum absolute atomic E-state index is 14.6. The summed E-state index contributed by atoms with van der Waals surface area (Å²) in [7, 11) is -11.8. The highest BCUT2D eigenvalue weighted by Crippen LogP contribution is 2.52. The number of hydrogen-bond acceptors (Lipinski definition) is 11. The Morgan fingerprint density at radius 1 is 0.333 bits per heavy atom. The number of fused-ring (bicyclic) bond motifs is 3. The van der Waals surface area contributed by atoms with Gasteiger partial charge in [0.2, 0.25) is 11.2 Å². The fourth-order valence-corrected chi connectivity index (χ4v) is 22.8. The molecule has 0 saturated carbocycles. The van der Waals surface area contributed by atoms with Crippen molar-refractivity contribution in [2.75, 3.05) is 0 Å². The molecular weight excluding hydrogens is 917 g/mol. The van der Waals surface area contributed by atoms with E-state index in [2.05, 4.69) is 104 Å². The van der Waals surface area contributed by atoms with Crippen LogP contribution in [-0.2, 0) is 0 Å². The zero-order chi connectivity index (χ0) is 48.4. The van der Waals surface area contributed by atoms with E-state index in [9.17, 15) is 9.59 Å². The van der Waals surface area contributed by atoms with Gasteiger partial charge in [0.25, 0.3) is 41.6 Å². The van der Waals surface area contributed by atoms with Crippen molar-refractivity contribution in [2.45, 2.75) is 195 Å². The van der Waals surface area contributed by atoms with Gasteiger partial charge in [-0.05, 0) is 96.7 Å². The second-order valence-electron chi connectivity index (χ2n) is 18.5. The third kappa shape index (κ3) is 8.90. The van der Waals surface area contributed by atoms with Crippen LogP contribution in [0.15, 0.2) is 45.5 Å². The number of benzene rings is 3. The number of rotatable bonds is 25. The molecule has 0 spiro atoms. The molecule has 0 atom stereocenters. The lowest BCUT2D eigenvalue weighted by Crippen LogP contribution is -2.43. The first-order valence-corrected chi connectivity index (χ1v) is 38.1. The fourth-order valence-electron chi connectivity index (χ4n) is 10.1. The van der Waals surface area contributed by atoms with Crippen molar-refractivity contribution in [3.8, 4) is 28.7 Å². The minimum absolute atomic E-state index is 0.0889. The Bertz CT molecular complexity index is 2720. The normalized spacial score (nSPS) is 13.2. The molecule has 3 heterocycles. The molecule has 6 aromatic rings. The molecule has 0 amide bonds. The standard InChI is InChI=1S/C50H78O11Si5/c1-16-62(17-2,18-3)57-38-32-35-41-40-34(49(51)56-47(41)44(38)59-64(22-7,23-8)24-9)31-36-42(46(40)55-50(35)52)54-37-33-39(58-63(19-4,20-5)21-6)45(60-65(25-10,26-11)27-12)48(43(37)53-36)61-66(28-13,29-14)30-15/h31-33H,16-30H2,1-15H3. The molecule has 0 radical (unpaired) electrons. The molecule has 0 unspecified atom stereocenters. The van der Waals surface area contributed by atoms with E-state index in [1.165, 1.54) is 0 Å². The zero-order valence-electron chi connectivity index (χ0n) is 42.8. The van der Waals surface area contributed by atoms with Gasteiger partial charge in [-0.25, -0.2) is 9.59 Å². The van der Waals surface area contributed by atoms with Crippen LogP contribution in [0.2, 0.25) is 90.7 Å². The van der Waals surface area contributed by atoms with Crippen molar-refractivity contribution < 1.29 is 39.8 Å². The van der Waals surface area contributed by atoms with Gasteiger partial charge in [0.15, 0.2) is 45.3 Å². The van der Waals surface area contributed by atoms with Crippen LogP contribution in [0.3, 0.4) is 0 Å². The van der Waals surface area contributed by atoms with E-state index in [1.807, 2.05) is 6.07 Å². The molecule has 0 aliphatic heterocycles. The predicted molar refractivity (Wildman–Crippen MR) is 285 cm³/mol. The summed E-state index contributed by atoms with van der Waals surface area (Å²) in [6, 6.07) is 18.6. The summed E-state index contributed by atoms with van der Waals surface area (Å²) in [5, 5.41) is 1.28. The van der Waals surface area contributed by atoms with Crippen molar-refractivity contribution in [1.82, 2.24) is 0 Å². The van der Waals surface area contributed by atoms with Crippen LogP contribution >= 0.6 is 0 Å². The van der Waals surface area contributed by atoms with Gasteiger partial charge in [-0.3, -0.25) is 0 Å². The molecule has 66 heavy (non-hydrogen) atoms. The molecule has 0 N–H and O–H groups in total. The van der Waals surface area contributed by atoms with Crippen LogP contribution in [0, 0.1) is 0 Å². The van der Waals surface area contributed by atoms with E-state index in [0.29, 0.717) is 50.7 Å². The average molecular weight is 996 g/mol. The zero-order valence-corrected chi connectivity index (χ0v) is 47.8. The quantitative estimate of drug-likeness (QED) is 0.0235. The lowest BCUT2D eigenvalue weighted by molar-refractivity contribution is 0.430. The molecule has 0 aliphatic rings. The fraction of sp³-hybridized carbons (Fsp3) is 0.600. The molecule has 0 fully saturated rings. The SMILES string of the molecule is CC[Si](CC)(CC)Oc1cc2oc3c(cc4c(=O)oc5c(O[Si](CC)(CC)CC)c(O[Si](CC)(CC)CC)cc6c(=O)oc3c4c56)oc2c(O[Si](CC)(CC)CC)c1O[Si](CC)(CC)CC. The molecule has 3 aromatic carbocycles. The van der Waals surface area contributed by atoms with Crippen LogP contribution in [0.5, 0.6) is 28.7 Å². The predicted octanol–water partition coefficient (Wildman–Crippen LogP) is 16.5. The van der Waals surface area contributed by atoms with Crippen LogP contribution in [-0.4, -0.2) is 41.6 Å². The van der Waals surface area contributed by atoms with Crippen molar-refractivity contribution in [2.24, 2.45) is 0 Å². The summed E-state index contributed by atoms with van der Waals surface area (Å²) < 4.78 is 63.1. The minimum Gasteiger partial charge on any atom is -0.541 e. The minimum atomic E-state index is -2.41. The summed E-state index contributed by atoms with van der Waals surface area (Å²) in [6.45, 7) is 32.8. The summed E-state index contributed by atoms with van der Waals surface area (Å²) >= 11 is 0. The highest BCUT2D eigenvalue weighted by molar-refractivity contribution is 6.76. The van der Waals surface area contributed by atoms with E-state index >= 15 is 0 Å². The highest BCUT2D eigenvalue weighted by Gasteiger charge is 2.42. The first-order chi connectivity index (χ1) is 31.6. The summed E-state index contributed by atoms with van der Waals surface area (Å²) in [5.74, 6) is 2.50. The summed E-state index contributed by atoms with van der Waals surface area (Å²) in [5.41, 5.74) is 0.145. The third-order valence-corrected chi connectivity index (χ3v) is 38.9. The Morgan fingerprint density at radius 3 is 1.09 bits per heavy atom. The van der Waals surface area contributed by atoms with E-state index < -0.39 is 52.8 Å². The third-order valence-electron chi connectivity index (χ3n) is 16.3. The van der Waals surface area contributed by atoms with E-state index in [-0.39, 0.29) is 33.1 Å². The topological polar surface area (TPSA) is 133 Å². The highest BCUT2D eigenvalue weighted by atomic mass is 28.4. The van der Waals surface area contributed by atoms with Gasteiger partial charge in [0.05, 0.1) is 10.8 Å². The van der Waals surface area contributed by atoms with Gasteiger partial charge < -0.3 is 39.8 Å². The van der Waals surface area contributed by atoms with Crippen LogP contribution < -0.4 is 33.4 Å². The number of hydrogen-bond donors (Lipinski definition) is 0.